The molecule has 2 heterocycles. The third-order valence-corrected chi connectivity index (χ3v) is 2.84. The molecule has 0 N–H and O–H groups in total. The lowest BCUT2D eigenvalue weighted by molar-refractivity contribution is 0.525. The summed E-state index contributed by atoms with van der Waals surface area (Å²) in [7, 11) is 1.83. The summed E-state index contributed by atoms with van der Waals surface area (Å²) in [4.78, 5) is 8.13. The first kappa shape index (κ1) is 10.1. The van der Waals surface area contributed by atoms with Crippen LogP contribution in [0.5, 0.6) is 0 Å². The molecule has 0 unspecified atom stereocenters. The Morgan fingerprint density at radius 1 is 1.40 bits per heavy atom. The van der Waals surface area contributed by atoms with Crippen LogP contribution in [-0.2, 0) is 7.05 Å². The van der Waals surface area contributed by atoms with Crippen LogP contribution in [0.15, 0.2) is 28.5 Å². The molecule has 0 aliphatic heterocycles. The Morgan fingerprint density at radius 3 is 2.87 bits per heavy atom. The molecule has 0 amide bonds. The summed E-state index contributed by atoms with van der Waals surface area (Å²) in [5, 5.41) is 4.64. The summed E-state index contributed by atoms with van der Waals surface area (Å²) in [6.07, 6.45) is 4.34. The van der Waals surface area contributed by atoms with Gasteiger partial charge in [-0.15, -0.1) is 0 Å². The standard InChI is InChI=1S/C9H9FN4S/c1-6-3-11-9(10)13-8(6)15-7-4-12-14(2)5-7/h3-5H,1-2H3. The Bertz CT molecular complexity index is 483. The molecule has 0 saturated carbocycles. The second-order valence-electron chi connectivity index (χ2n) is 3.08. The normalized spacial score (nSPS) is 10.6. The molecule has 4 nitrogen and oxygen atoms in total. The fourth-order valence-corrected chi connectivity index (χ4v) is 1.94. The van der Waals surface area contributed by atoms with Crippen molar-refractivity contribution >= 4 is 11.8 Å². The van der Waals surface area contributed by atoms with Crippen LogP contribution in [0.2, 0.25) is 0 Å². The van der Waals surface area contributed by atoms with Crippen LogP contribution < -0.4 is 0 Å². The van der Waals surface area contributed by atoms with Crippen molar-refractivity contribution in [3.8, 4) is 0 Å². The topological polar surface area (TPSA) is 43.6 Å². The number of aromatic nitrogens is 4. The Balaban J connectivity index is 2.27. The summed E-state index contributed by atoms with van der Waals surface area (Å²) in [5.41, 5.74) is 0.852. The van der Waals surface area contributed by atoms with Crippen LogP contribution in [0.4, 0.5) is 4.39 Å². The molecule has 6 heteroatoms. The van der Waals surface area contributed by atoms with Crippen molar-refractivity contribution in [2.45, 2.75) is 16.8 Å². The highest BCUT2D eigenvalue weighted by molar-refractivity contribution is 7.99. The molecule has 0 spiro atoms. The molecule has 0 aromatic carbocycles. The molecule has 0 aliphatic carbocycles. The lowest BCUT2D eigenvalue weighted by atomic mass is 10.4. The van der Waals surface area contributed by atoms with Crippen molar-refractivity contribution in [1.29, 1.82) is 0 Å². The van der Waals surface area contributed by atoms with E-state index >= 15 is 0 Å². The largest absolute Gasteiger partial charge is 0.309 e. The Hall–Kier alpha value is -1.43. The molecule has 2 aromatic rings. The molecule has 0 bridgehead atoms. The second-order valence-corrected chi connectivity index (χ2v) is 4.14. The molecule has 78 valence electrons. The van der Waals surface area contributed by atoms with Crippen molar-refractivity contribution in [3.63, 3.8) is 0 Å². The predicted octanol–water partition coefficient (Wildman–Crippen LogP) is 1.81. The molecule has 0 fully saturated rings. The van der Waals surface area contributed by atoms with E-state index in [0.717, 1.165) is 10.5 Å². The molecule has 0 saturated heterocycles. The van der Waals surface area contributed by atoms with E-state index in [9.17, 15) is 4.39 Å². The van der Waals surface area contributed by atoms with Gasteiger partial charge in [0.25, 0.3) is 0 Å². The minimum Gasteiger partial charge on any atom is -0.275 e. The summed E-state index contributed by atoms with van der Waals surface area (Å²) in [6.45, 7) is 1.85. The average molecular weight is 224 g/mol. The number of aryl methyl sites for hydroxylation is 2. The Labute approximate surface area is 90.6 Å². The molecule has 2 aromatic heterocycles. The van der Waals surface area contributed by atoms with Crippen LogP contribution in [0.1, 0.15) is 5.56 Å². The van der Waals surface area contributed by atoms with Gasteiger partial charge >= 0.3 is 6.08 Å². The lowest BCUT2D eigenvalue weighted by Gasteiger charge is -2.00. The van der Waals surface area contributed by atoms with Crippen LogP contribution in [0.3, 0.4) is 0 Å². The Morgan fingerprint density at radius 2 is 2.20 bits per heavy atom. The van der Waals surface area contributed by atoms with Gasteiger partial charge in [0.2, 0.25) is 0 Å². The third-order valence-electron chi connectivity index (χ3n) is 1.79. The maximum absolute atomic E-state index is 12.8. The fourth-order valence-electron chi connectivity index (χ4n) is 1.07. The molecular weight excluding hydrogens is 215 g/mol. The zero-order chi connectivity index (χ0) is 10.8. The molecule has 0 atom stereocenters. The molecular formula is C9H9FN4S. The van der Waals surface area contributed by atoms with E-state index in [1.807, 2.05) is 20.2 Å². The maximum Gasteiger partial charge on any atom is 0.309 e. The zero-order valence-corrected chi connectivity index (χ0v) is 9.12. The zero-order valence-electron chi connectivity index (χ0n) is 8.31. The smallest absolute Gasteiger partial charge is 0.275 e. The molecule has 2 rings (SSSR count). The van der Waals surface area contributed by atoms with E-state index in [-0.39, 0.29) is 0 Å². The number of nitrogens with zero attached hydrogens (tertiary/aromatic N) is 4. The molecule has 15 heavy (non-hydrogen) atoms. The highest BCUT2D eigenvalue weighted by Gasteiger charge is 2.06. The van der Waals surface area contributed by atoms with Gasteiger partial charge in [0, 0.05) is 25.0 Å². The summed E-state index contributed by atoms with van der Waals surface area (Å²) < 4.78 is 14.5. The summed E-state index contributed by atoms with van der Waals surface area (Å²) in [6, 6.07) is 0. The first-order valence-electron chi connectivity index (χ1n) is 4.31. The van der Waals surface area contributed by atoms with E-state index in [1.54, 1.807) is 10.9 Å². The van der Waals surface area contributed by atoms with Gasteiger partial charge in [0.05, 0.1) is 11.1 Å². The number of hydrogen-bond donors (Lipinski definition) is 0. The van der Waals surface area contributed by atoms with Crippen LogP contribution in [0, 0.1) is 13.0 Å². The number of halogens is 1. The van der Waals surface area contributed by atoms with Gasteiger partial charge in [-0.1, -0.05) is 11.8 Å². The minimum absolute atomic E-state index is 0.621. The van der Waals surface area contributed by atoms with E-state index in [2.05, 4.69) is 15.1 Å². The first-order chi connectivity index (χ1) is 7.15. The quantitative estimate of drug-likeness (QED) is 0.576. The van der Waals surface area contributed by atoms with E-state index < -0.39 is 6.08 Å². The predicted molar refractivity (Wildman–Crippen MR) is 54.1 cm³/mol. The van der Waals surface area contributed by atoms with Crippen molar-refractivity contribution < 1.29 is 4.39 Å². The van der Waals surface area contributed by atoms with Gasteiger partial charge in [0.15, 0.2) is 0 Å². The second kappa shape index (κ2) is 3.98. The monoisotopic (exact) mass is 224 g/mol. The highest BCUT2D eigenvalue weighted by Crippen LogP contribution is 2.27. The fraction of sp³-hybridized carbons (Fsp3) is 0.222. The lowest BCUT2D eigenvalue weighted by Crippen LogP contribution is -1.93. The van der Waals surface area contributed by atoms with Crippen molar-refractivity contribution in [2.75, 3.05) is 0 Å². The van der Waals surface area contributed by atoms with Crippen molar-refractivity contribution in [3.05, 3.63) is 30.2 Å². The van der Waals surface area contributed by atoms with E-state index in [4.69, 9.17) is 0 Å². The van der Waals surface area contributed by atoms with Gasteiger partial charge in [-0.2, -0.15) is 14.5 Å². The van der Waals surface area contributed by atoms with Gasteiger partial charge in [-0.25, -0.2) is 4.98 Å². The minimum atomic E-state index is -0.702. The van der Waals surface area contributed by atoms with E-state index in [0.29, 0.717) is 5.03 Å². The van der Waals surface area contributed by atoms with Gasteiger partial charge in [-0.3, -0.25) is 4.68 Å². The molecule has 0 aliphatic rings. The van der Waals surface area contributed by atoms with Gasteiger partial charge in [-0.05, 0) is 6.92 Å². The average Bonchev–Trinajstić information content (AvgIpc) is 2.58. The maximum atomic E-state index is 12.8. The van der Waals surface area contributed by atoms with E-state index in [1.165, 1.54) is 18.0 Å². The van der Waals surface area contributed by atoms with Crippen molar-refractivity contribution in [2.24, 2.45) is 7.05 Å². The van der Waals surface area contributed by atoms with Gasteiger partial charge in [0.1, 0.15) is 5.03 Å². The van der Waals surface area contributed by atoms with Crippen LogP contribution in [-0.4, -0.2) is 19.7 Å². The Kier molecular flexibility index (Phi) is 2.68. The summed E-state index contributed by atoms with van der Waals surface area (Å²) in [5.74, 6) is 0. The number of rotatable bonds is 2. The summed E-state index contributed by atoms with van der Waals surface area (Å²) >= 11 is 1.37. The van der Waals surface area contributed by atoms with Crippen LogP contribution >= 0.6 is 11.8 Å². The molecule has 0 radical (unpaired) electrons. The highest BCUT2D eigenvalue weighted by atomic mass is 32.2. The van der Waals surface area contributed by atoms with Gasteiger partial charge < -0.3 is 0 Å². The van der Waals surface area contributed by atoms with Crippen LogP contribution in [0.25, 0.3) is 0 Å². The SMILES string of the molecule is Cc1cnc(F)nc1Sc1cnn(C)c1. The third kappa shape index (κ3) is 2.33. The first-order valence-corrected chi connectivity index (χ1v) is 5.12. The number of hydrogen-bond acceptors (Lipinski definition) is 4. The van der Waals surface area contributed by atoms with Crippen molar-refractivity contribution in [1.82, 2.24) is 19.7 Å².